The van der Waals surface area contributed by atoms with Crippen LogP contribution in [0.5, 0.6) is 0 Å². The molecule has 1 aromatic heterocycles. The molecule has 0 saturated heterocycles. The van der Waals surface area contributed by atoms with Crippen LogP contribution in [-0.4, -0.2) is 35.8 Å². The zero-order valence-electron chi connectivity index (χ0n) is 12.0. The minimum atomic E-state index is -0.929. The summed E-state index contributed by atoms with van der Waals surface area (Å²) in [4.78, 5) is 16.4. The fraction of sp³-hybridized carbons (Fsp3) is 0.333. The van der Waals surface area contributed by atoms with Crippen LogP contribution in [0.4, 0.5) is 5.13 Å². The van der Waals surface area contributed by atoms with Gasteiger partial charge in [0.2, 0.25) is 0 Å². The Balaban J connectivity index is 2.09. The number of carbonyl (C=O) groups is 1. The predicted molar refractivity (Wildman–Crippen MR) is 83.9 cm³/mol. The molecule has 112 valence electrons. The summed E-state index contributed by atoms with van der Waals surface area (Å²) in [6, 6.07) is 7.83. The second-order valence-electron chi connectivity index (χ2n) is 4.46. The van der Waals surface area contributed by atoms with Crippen LogP contribution < -0.4 is 5.32 Å². The van der Waals surface area contributed by atoms with E-state index in [2.05, 4.69) is 10.3 Å². The largest absolute Gasteiger partial charge is 0.479 e. The van der Waals surface area contributed by atoms with E-state index >= 15 is 0 Å². The van der Waals surface area contributed by atoms with Crippen molar-refractivity contribution in [2.75, 3.05) is 19.0 Å². The van der Waals surface area contributed by atoms with Crippen molar-refractivity contribution >= 4 is 22.4 Å². The number of thiazole rings is 1. The molecule has 0 spiro atoms. The number of carboxylic acid groups (broad SMARTS) is 1. The molecule has 6 heteroatoms. The lowest BCUT2D eigenvalue weighted by Gasteiger charge is -2.12. The van der Waals surface area contributed by atoms with Crippen molar-refractivity contribution in [2.24, 2.45) is 0 Å². The lowest BCUT2D eigenvalue weighted by molar-refractivity contribution is -0.149. The van der Waals surface area contributed by atoms with Gasteiger partial charge in [0.1, 0.15) is 0 Å². The third-order valence-electron chi connectivity index (χ3n) is 3.02. The standard InChI is InChI=1S/C15H18N2O3S/c1-3-20-12(14(18)19)8-10-4-6-11(7-5-10)13-9-17-15(16-2)21-13/h4-7,9,12H,3,8H2,1-2H3,(H,16,17)(H,18,19). The van der Waals surface area contributed by atoms with Crippen LogP contribution in [0.3, 0.4) is 0 Å². The van der Waals surface area contributed by atoms with Gasteiger partial charge in [0.25, 0.3) is 0 Å². The smallest absolute Gasteiger partial charge is 0.333 e. The van der Waals surface area contributed by atoms with Crippen molar-refractivity contribution in [3.8, 4) is 10.4 Å². The Morgan fingerprint density at radius 3 is 2.67 bits per heavy atom. The van der Waals surface area contributed by atoms with Crippen LogP contribution in [0, 0.1) is 0 Å². The molecule has 1 atom stereocenters. The molecule has 0 aliphatic heterocycles. The first-order valence-corrected chi connectivity index (χ1v) is 7.53. The number of aromatic nitrogens is 1. The molecule has 1 heterocycles. The molecule has 1 unspecified atom stereocenters. The summed E-state index contributed by atoms with van der Waals surface area (Å²) in [7, 11) is 1.84. The van der Waals surface area contributed by atoms with Crippen molar-refractivity contribution in [3.05, 3.63) is 36.0 Å². The van der Waals surface area contributed by atoms with Gasteiger partial charge in [0, 0.05) is 26.3 Å². The number of aliphatic carboxylic acids is 1. The molecule has 0 amide bonds. The average molecular weight is 306 g/mol. The Hall–Kier alpha value is -1.92. The number of anilines is 1. The van der Waals surface area contributed by atoms with E-state index in [-0.39, 0.29) is 0 Å². The molecule has 0 bridgehead atoms. The van der Waals surface area contributed by atoms with Crippen LogP contribution in [0.2, 0.25) is 0 Å². The van der Waals surface area contributed by atoms with Crippen molar-refractivity contribution in [2.45, 2.75) is 19.4 Å². The minimum absolute atomic E-state index is 0.369. The molecule has 2 rings (SSSR count). The van der Waals surface area contributed by atoms with Crippen molar-refractivity contribution in [3.63, 3.8) is 0 Å². The Morgan fingerprint density at radius 1 is 1.43 bits per heavy atom. The van der Waals surface area contributed by atoms with Gasteiger partial charge >= 0.3 is 5.97 Å². The topological polar surface area (TPSA) is 71.5 Å². The van der Waals surface area contributed by atoms with Gasteiger partial charge in [-0.3, -0.25) is 0 Å². The van der Waals surface area contributed by atoms with Crippen molar-refractivity contribution < 1.29 is 14.6 Å². The molecular weight excluding hydrogens is 288 g/mol. The monoisotopic (exact) mass is 306 g/mol. The number of hydrogen-bond donors (Lipinski definition) is 2. The molecule has 1 aromatic carbocycles. The molecule has 0 aliphatic carbocycles. The Kier molecular flexibility index (Phi) is 5.30. The fourth-order valence-corrected chi connectivity index (χ4v) is 2.74. The highest BCUT2D eigenvalue weighted by atomic mass is 32.1. The number of nitrogens with zero attached hydrogens (tertiary/aromatic N) is 1. The number of benzene rings is 1. The van der Waals surface area contributed by atoms with E-state index in [1.165, 1.54) is 0 Å². The highest BCUT2D eigenvalue weighted by Crippen LogP contribution is 2.28. The second-order valence-corrected chi connectivity index (χ2v) is 5.49. The number of carboxylic acids is 1. The second kappa shape index (κ2) is 7.19. The van der Waals surface area contributed by atoms with Crippen LogP contribution in [0.15, 0.2) is 30.5 Å². The van der Waals surface area contributed by atoms with Crippen LogP contribution in [0.1, 0.15) is 12.5 Å². The van der Waals surface area contributed by atoms with Crippen LogP contribution >= 0.6 is 11.3 Å². The zero-order valence-corrected chi connectivity index (χ0v) is 12.8. The van der Waals surface area contributed by atoms with E-state index in [9.17, 15) is 4.79 Å². The van der Waals surface area contributed by atoms with E-state index in [0.29, 0.717) is 13.0 Å². The highest BCUT2D eigenvalue weighted by Gasteiger charge is 2.17. The normalized spacial score (nSPS) is 12.1. The van der Waals surface area contributed by atoms with E-state index in [0.717, 1.165) is 21.1 Å². The summed E-state index contributed by atoms with van der Waals surface area (Å²) >= 11 is 1.58. The maximum atomic E-state index is 11.1. The summed E-state index contributed by atoms with van der Waals surface area (Å²) in [5, 5.41) is 13.0. The lowest BCUT2D eigenvalue weighted by Crippen LogP contribution is -2.26. The Bertz CT molecular complexity index is 595. The van der Waals surface area contributed by atoms with E-state index in [4.69, 9.17) is 9.84 Å². The van der Waals surface area contributed by atoms with Crippen molar-refractivity contribution in [1.82, 2.24) is 4.98 Å². The van der Waals surface area contributed by atoms with E-state index in [1.807, 2.05) is 37.5 Å². The summed E-state index contributed by atoms with van der Waals surface area (Å²) in [6.07, 6.45) is 1.40. The maximum Gasteiger partial charge on any atom is 0.333 e. The highest BCUT2D eigenvalue weighted by molar-refractivity contribution is 7.18. The van der Waals surface area contributed by atoms with Gasteiger partial charge in [-0.2, -0.15) is 0 Å². The van der Waals surface area contributed by atoms with Gasteiger partial charge in [-0.1, -0.05) is 35.6 Å². The van der Waals surface area contributed by atoms with Crippen LogP contribution in [-0.2, 0) is 16.0 Å². The average Bonchev–Trinajstić information content (AvgIpc) is 2.96. The number of ether oxygens (including phenoxy) is 1. The third-order valence-corrected chi connectivity index (χ3v) is 4.09. The quantitative estimate of drug-likeness (QED) is 0.823. The van der Waals surface area contributed by atoms with E-state index < -0.39 is 12.1 Å². The summed E-state index contributed by atoms with van der Waals surface area (Å²) in [5.74, 6) is -0.929. The molecule has 2 N–H and O–H groups in total. The SMILES string of the molecule is CCOC(Cc1ccc(-c2cnc(NC)s2)cc1)C(=O)O. The molecule has 0 radical (unpaired) electrons. The van der Waals surface area contributed by atoms with Crippen molar-refractivity contribution in [1.29, 1.82) is 0 Å². The van der Waals surface area contributed by atoms with Gasteiger partial charge in [-0.25, -0.2) is 9.78 Å². The Labute approximate surface area is 127 Å². The van der Waals surface area contributed by atoms with Gasteiger partial charge in [-0.15, -0.1) is 0 Å². The Morgan fingerprint density at radius 2 is 2.14 bits per heavy atom. The third kappa shape index (κ3) is 4.03. The van der Waals surface area contributed by atoms with Crippen LogP contribution in [0.25, 0.3) is 10.4 Å². The zero-order chi connectivity index (χ0) is 15.2. The molecule has 21 heavy (non-hydrogen) atoms. The minimum Gasteiger partial charge on any atom is -0.479 e. The number of hydrogen-bond acceptors (Lipinski definition) is 5. The summed E-state index contributed by atoms with van der Waals surface area (Å²) in [6.45, 7) is 2.19. The molecule has 0 fully saturated rings. The molecule has 5 nitrogen and oxygen atoms in total. The first-order valence-electron chi connectivity index (χ1n) is 6.71. The molecule has 0 saturated carbocycles. The molecule has 2 aromatic rings. The number of nitrogens with one attached hydrogen (secondary N) is 1. The van der Waals surface area contributed by atoms with Gasteiger partial charge in [0.05, 0.1) is 4.88 Å². The summed E-state index contributed by atoms with van der Waals surface area (Å²) < 4.78 is 5.22. The van der Waals surface area contributed by atoms with Gasteiger partial charge in [0.15, 0.2) is 11.2 Å². The first kappa shape index (κ1) is 15.5. The molecular formula is C15H18N2O3S. The van der Waals surface area contributed by atoms with E-state index in [1.54, 1.807) is 18.3 Å². The van der Waals surface area contributed by atoms with Gasteiger partial charge in [-0.05, 0) is 18.1 Å². The number of rotatable bonds is 7. The lowest BCUT2D eigenvalue weighted by atomic mass is 10.1. The molecule has 0 aliphatic rings. The maximum absolute atomic E-state index is 11.1. The fourth-order valence-electron chi connectivity index (χ4n) is 1.96. The first-order chi connectivity index (χ1) is 10.1. The predicted octanol–water partition coefficient (Wildman–Crippen LogP) is 2.88. The van der Waals surface area contributed by atoms with Gasteiger partial charge < -0.3 is 15.2 Å². The summed E-state index contributed by atoms with van der Waals surface area (Å²) in [5.41, 5.74) is 2.01.